The van der Waals surface area contributed by atoms with E-state index in [2.05, 4.69) is 20.1 Å². The monoisotopic (exact) mass is 308 g/mol. The molecule has 0 aliphatic carbocycles. The second-order valence-electron chi connectivity index (χ2n) is 4.98. The van der Waals surface area contributed by atoms with E-state index < -0.39 is 0 Å². The topological polar surface area (TPSA) is 73.4 Å². The van der Waals surface area contributed by atoms with Crippen molar-refractivity contribution in [3.05, 3.63) is 59.7 Å². The summed E-state index contributed by atoms with van der Waals surface area (Å²) in [6.45, 7) is 2.48. The minimum Gasteiger partial charge on any atom is -0.497 e. The smallest absolute Gasteiger partial charge is 0.258 e. The Morgan fingerprint density at radius 3 is 2.70 bits per heavy atom. The zero-order valence-corrected chi connectivity index (χ0v) is 12.9. The SMILES string of the molecule is COc1ccc(-c2nc(C=NCc3ccc(C)cn3)no2)cc1. The van der Waals surface area contributed by atoms with Gasteiger partial charge in [-0.1, -0.05) is 11.2 Å². The maximum absolute atomic E-state index is 5.23. The number of methoxy groups -OCH3 is 1. The van der Waals surface area contributed by atoms with Gasteiger partial charge in [0.15, 0.2) is 0 Å². The summed E-state index contributed by atoms with van der Waals surface area (Å²) in [4.78, 5) is 12.9. The molecule has 0 atom stereocenters. The van der Waals surface area contributed by atoms with Crippen molar-refractivity contribution in [2.45, 2.75) is 13.5 Å². The summed E-state index contributed by atoms with van der Waals surface area (Å²) in [5.74, 6) is 1.66. The van der Waals surface area contributed by atoms with E-state index in [4.69, 9.17) is 9.26 Å². The van der Waals surface area contributed by atoms with Crippen LogP contribution in [0.25, 0.3) is 11.5 Å². The lowest BCUT2D eigenvalue weighted by Gasteiger charge is -1.98. The third kappa shape index (κ3) is 3.79. The van der Waals surface area contributed by atoms with Crippen LogP contribution in [0.3, 0.4) is 0 Å². The predicted molar refractivity (Wildman–Crippen MR) is 86.6 cm³/mol. The summed E-state index contributed by atoms with van der Waals surface area (Å²) < 4.78 is 10.4. The highest BCUT2D eigenvalue weighted by Gasteiger charge is 2.07. The van der Waals surface area contributed by atoms with E-state index in [0.717, 1.165) is 22.6 Å². The second kappa shape index (κ2) is 6.83. The fourth-order valence-corrected chi connectivity index (χ4v) is 1.95. The third-order valence-corrected chi connectivity index (χ3v) is 3.21. The fourth-order valence-electron chi connectivity index (χ4n) is 1.95. The van der Waals surface area contributed by atoms with Crippen molar-refractivity contribution in [2.75, 3.05) is 7.11 Å². The Morgan fingerprint density at radius 1 is 1.17 bits per heavy atom. The lowest BCUT2D eigenvalue weighted by Crippen LogP contribution is -1.90. The normalized spacial score (nSPS) is 11.0. The van der Waals surface area contributed by atoms with E-state index in [9.17, 15) is 0 Å². The number of hydrogen-bond donors (Lipinski definition) is 0. The lowest BCUT2D eigenvalue weighted by molar-refractivity contribution is 0.414. The lowest BCUT2D eigenvalue weighted by atomic mass is 10.2. The van der Waals surface area contributed by atoms with Crippen LogP contribution in [-0.2, 0) is 6.54 Å². The minimum absolute atomic E-state index is 0.433. The van der Waals surface area contributed by atoms with E-state index >= 15 is 0 Å². The third-order valence-electron chi connectivity index (χ3n) is 3.21. The van der Waals surface area contributed by atoms with Gasteiger partial charge in [-0.2, -0.15) is 4.98 Å². The molecule has 0 saturated carbocycles. The molecule has 0 amide bonds. The average molecular weight is 308 g/mol. The summed E-state index contributed by atoms with van der Waals surface area (Å²) in [5, 5.41) is 3.89. The number of ether oxygens (including phenoxy) is 1. The van der Waals surface area contributed by atoms with Crippen LogP contribution in [0.4, 0.5) is 0 Å². The number of aromatic nitrogens is 3. The van der Waals surface area contributed by atoms with Crippen molar-refractivity contribution in [2.24, 2.45) is 4.99 Å². The van der Waals surface area contributed by atoms with Crippen LogP contribution in [0.2, 0.25) is 0 Å². The number of rotatable bonds is 5. The summed E-state index contributed by atoms with van der Waals surface area (Å²) in [5.41, 5.74) is 2.85. The molecule has 0 N–H and O–H groups in total. The van der Waals surface area contributed by atoms with Crippen molar-refractivity contribution in [3.8, 4) is 17.2 Å². The molecule has 0 bridgehead atoms. The number of nitrogens with zero attached hydrogens (tertiary/aromatic N) is 4. The van der Waals surface area contributed by atoms with Gasteiger partial charge in [0.1, 0.15) is 5.75 Å². The van der Waals surface area contributed by atoms with Crippen molar-refractivity contribution in [1.29, 1.82) is 0 Å². The van der Waals surface area contributed by atoms with Crippen LogP contribution in [-0.4, -0.2) is 28.4 Å². The highest BCUT2D eigenvalue weighted by Crippen LogP contribution is 2.20. The first kappa shape index (κ1) is 14.9. The van der Waals surface area contributed by atoms with Gasteiger partial charge in [0.05, 0.1) is 25.6 Å². The molecular formula is C17H16N4O2. The zero-order valence-electron chi connectivity index (χ0n) is 12.9. The summed E-state index contributed by atoms with van der Waals surface area (Å²) in [7, 11) is 1.62. The molecule has 3 rings (SSSR count). The number of pyridine rings is 1. The molecule has 3 aromatic rings. The first-order valence-electron chi connectivity index (χ1n) is 7.14. The second-order valence-corrected chi connectivity index (χ2v) is 4.98. The standard InChI is InChI=1S/C17H16N4O2/c1-12-3-6-14(19-9-12)10-18-11-16-20-17(23-21-16)13-4-7-15(22-2)8-5-13/h3-9,11H,10H2,1-2H3. The Morgan fingerprint density at radius 2 is 2.00 bits per heavy atom. The summed E-state index contributed by atoms with van der Waals surface area (Å²) in [6, 6.07) is 11.4. The van der Waals surface area contributed by atoms with Crippen LogP contribution in [0, 0.1) is 6.92 Å². The molecule has 0 spiro atoms. The molecule has 0 saturated heterocycles. The predicted octanol–water partition coefficient (Wildman–Crippen LogP) is 3.07. The van der Waals surface area contributed by atoms with Gasteiger partial charge in [-0.15, -0.1) is 0 Å². The van der Waals surface area contributed by atoms with Crippen LogP contribution in [0.15, 0.2) is 52.1 Å². The quantitative estimate of drug-likeness (QED) is 0.677. The van der Waals surface area contributed by atoms with Gasteiger partial charge in [-0.25, -0.2) is 0 Å². The van der Waals surface area contributed by atoms with Gasteiger partial charge >= 0.3 is 0 Å². The summed E-state index contributed by atoms with van der Waals surface area (Å²) in [6.07, 6.45) is 3.40. The van der Waals surface area contributed by atoms with E-state index in [1.54, 1.807) is 13.3 Å². The van der Waals surface area contributed by atoms with Crippen molar-refractivity contribution in [3.63, 3.8) is 0 Å². The Labute approximate surface area is 133 Å². The van der Waals surface area contributed by atoms with Crippen molar-refractivity contribution >= 4 is 6.21 Å². The fraction of sp³-hybridized carbons (Fsp3) is 0.176. The Kier molecular flexibility index (Phi) is 4.42. The Hall–Kier alpha value is -3.02. The molecule has 0 fully saturated rings. The van der Waals surface area contributed by atoms with Crippen LogP contribution in [0.5, 0.6) is 5.75 Å². The van der Waals surface area contributed by atoms with E-state index in [0.29, 0.717) is 18.3 Å². The molecule has 2 aromatic heterocycles. The molecule has 23 heavy (non-hydrogen) atoms. The maximum Gasteiger partial charge on any atom is 0.258 e. The van der Waals surface area contributed by atoms with Crippen molar-refractivity contribution < 1.29 is 9.26 Å². The Bertz CT molecular complexity index is 792. The van der Waals surface area contributed by atoms with Gasteiger partial charge in [0.25, 0.3) is 5.89 Å². The molecule has 6 heteroatoms. The molecular weight excluding hydrogens is 292 g/mol. The number of aliphatic imine (C=N–C) groups is 1. The minimum atomic E-state index is 0.433. The molecule has 2 heterocycles. The van der Waals surface area contributed by atoms with E-state index in [-0.39, 0.29) is 0 Å². The zero-order chi connectivity index (χ0) is 16.1. The van der Waals surface area contributed by atoms with Crippen molar-refractivity contribution in [1.82, 2.24) is 15.1 Å². The molecule has 0 unspecified atom stereocenters. The molecule has 0 aliphatic heterocycles. The van der Waals surface area contributed by atoms with Crippen LogP contribution >= 0.6 is 0 Å². The number of aryl methyl sites for hydroxylation is 1. The van der Waals surface area contributed by atoms with Gasteiger partial charge in [0, 0.05) is 11.8 Å². The van der Waals surface area contributed by atoms with E-state index in [1.807, 2.05) is 49.5 Å². The Balaban J connectivity index is 1.66. The number of hydrogen-bond acceptors (Lipinski definition) is 6. The van der Waals surface area contributed by atoms with Crippen LogP contribution < -0.4 is 4.74 Å². The molecule has 0 aliphatic rings. The number of benzene rings is 1. The first-order chi connectivity index (χ1) is 11.2. The van der Waals surface area contributed by atoms with E-state index in [1.165, 1.54) is 0 Å². The highest BCUT2D eigenvalue weighted by molar-refractivity contribution is 5.75. The largest absolute Gasteiger partial charge is 0.497 e. The molecule has 116 valence electrons. The first-order valence-corrected chi connectivity index (χ1v) is 7.14. The van der Waals surface area contributed by atoms with Gasteiger partial charge < -0.3 is 9.26 Å². The maximum atomic E-state index is 5.23. The molecule has 6 nitrogen and oxygen atoms in total. The molecule has 0 radical (unpaired) electrons. The van der Waals surface area contributed by atoms with Crippen LogP contribution in [0.1, 0.15) is 17.1 Å². The van der Waals surface area contributed by atoms with Gasteiger partial charge in [-0.05, 0) is 42.8 Å². The van der Waals surface area contributed by atoms with Gasteiger partial charge in [-0.3, -0.25) is 9.98 Å². The average Bonchev–Trinajstić information content (AvgIpc) is 3.06. The molecule has 1 aromatic carbocycles. The van der Waals surface area contributed by atoms with Gasteiger partial charge in [0.2, 0.25) is 5.82 Å². The summed E-state index contributed by atoms with van der Waals surface area (Å²) >= 11 is 0. The highest BCUT2D eigenvalue weighted by atomic mass is 16.5.